The quantitative estimate of drug-likeness (QED) is 0.232. The molecule has 0 aliphatic carbocycles. The first-order chi connectivity index (χ1) is 14.1. The van der Waals surface area contributed by atoms with Crippen molar-refractivity contribution in [3.8, 4) is 11.3 Å². The second-order valence-corrected chi connectivity index (χ2v) is 15.4. The average molecular weight is 425 g/mol. The number of nitrogens with zero attached hydrogens (tertiary/aromatic N) is 3. The van der Waals surface area contributed by atoms with E-state index in [1.165, 1.54) is 0 Å². The minimum absolute atomic E-state index is 0.425. The van der Waals surface area contributed by atoms with Gasteiger partial charge in [-0.15, -0.1) is 0 Å². The SMILES string of the molecule is CC(C)(C=O)Cc1cn(COCC[Si](C)(C)C)c2ncc(-c3cccc(N)c3)nc12. The van der Waals surface area contributed by atoms with Crippen molar-refractivity contribution in [3.63, 3.8) is 0 Å². The van der Waals surface area contributed by atoms with Crippen LogP contribution in [0.15, 0.2) is 36.7 Å². The summed E-state index contributed by atoms with van der Waals surface area (Å²) in [7, 11) is -1.14. The highest BCUT2D eigenvalue weighted by atomic mass is 28.3. The van der Waals surface area contributed by atoms with Crippen molar-refractivity contribution >= 4 is 31.2 Å². The Morgan fingerprint density at radius 2 is 2.03 bits per heavy atom. The van der Waals surface area contributed by atoms with E-state index in [1.807, 2.05) is 48.9 Å². The van der Waals surface area contributed by atoms with E-state index < -0.39 is 13.5 Å². The van der Waals surface area contributed by atoms with Gasteiger partial charge in [-0.05, 0) is 30.2 Å². The van der Waals surface area contributed by atoms with E-state index in [2.05, 4.69) is 19.6 Å². The molecule has 1 aromatic carbocycles. The third-order valence-electron chi connectivity index (χ3n) is 5.02. The molecule has 0 unspecified atom stereocenters. The fourth-order valence-corrected chi connectivity index (χ4v) is 4.01. The maximum Gasteiger partial charge on any atom is 0.160 e. The van der Waals surface area contributed by atoms with E-state index in [9.17, 15) is 4.79 Å². The van der Waals surface area contributed by atoms with Gasteiger partial charge in [0.05, 0.1) is 11.9 Å². The average Bonchev–Trinajstić information content (AvgIpc) is 3.01. The molecule has 0 atom stereocenters. The molecule has 3 aromatic rings. The van der Waals surface area contributed by atoms with Crippen LogP contribution < -0.4 is 5.73 Å². The Morgan fingerprint density at radius 1 is 1.27 bits per heavy atom. The molecule has 2 heterocycles. The van der Waals surface area contributed by atoms with Crippen LogP contribution in [0.4, 0.5) is 5.69 Å². The van der Waals surface area contributed by atoms with Gasteiger partial charge in [0.1, 0.15) is 18.5 Å². The Bertz CT molecular complexity index is 1040. The van der Waals surface area contributed by atoms with Gasteiger partial charge < -0.3 is 19.8 Å². The van der Waals surface area contributed by atoms with Gasteiger partial charge in [-0.3, -0.25) is 0 Å². The molecule has 0 bridgehead atoms. The number of rotatable bonds is 9. The summed E-state index contributed by atoms with van der Waals surface area (Å²) in [4.78, 5) is 21.1. The molecule has 0 aliphatic heterocycles. The van der Waals surface area contributed by atoms with Crippen LogP contribution in [0.2, 0.25) is 25.7 Å². The number of fused-ring (bicyclic) bond motifs is 1. The number of nitrogens with two attached hydrogens (primary N) is 1. The lowest BCUT2D eigenvalue weighted by molar-refractivity contribution is -0.114. The number of hydrogen-bond donors (Lipinski definition) is 1. The van der Waals surface area contributed by atoms with Crippen molar-refractivity contribution in [2.75, 3.05) is 12.3 Å². The second-order valence-electron chi connectivity index (χ2n) is 9.81. The van der Waals surface area contributed by atoms with E-state index in [0.29, 0.717) is 18.8 Å². The first-order valence-electron chi connectivity index (χ1n) is 10.3. The summed E-state index contributed by atoms with van der Waals surface area (Å²) >= 11 is 0. The first-order valence-corrected chi connectivity index (χ1v) is 14.0. The highest BCUT2D eigenvalue weighted by molar-refractivity contribution is 6.76. The molecule has 0 aliphatic rings. The number of ether oxygens (including phenoxy) is 1. The minimum atomic E-state index is -1.14. The van der Waals surface area contributed by atoms with Crippen LogP contribution in [0, 0.1) is 5.41 Å². The number of aldehydes is 1. The standard InChI is InChI=1S/C23H32N4O2Si/c1-23(2,15-28)12-18-14-27(16-29-9-10-30(3,4)5)22-21(18)26-20(13-25-22)17-7-6-8-19(24)11-17/h6-8,11,13-15H,9-10,12,16,24H2,1-5H3. The monoisotopic (exact) mass is 424 g/mol. The molecule has 0 spiro atoms. The lowest BCUT2D eigenvalue weighted by Gasteiger charge is -2.16. The van der Waals surface area contributed by atoms with E-state index in [-0.39, 0.29) is 0 Å². The zero-order valence-electron chi connectivity index (χ0n) is 18.6. The van der Waals surface area contributed by atoms with Gasteiger partial charge in [0.15, 0.2) is 5.65 Å². The number of carbonyl (C=O) groups excluding carboxylic acids is 1. The van der Waals surface area contributed by atoms with Gasteiger partial charge in [0, 0.05) is 37.5 Å². The number of hydrogen-bond acceptors (Lipinski definition) is 5. The molecule has 0 amide bonds. The van der Waals surface area contributed by atoms with Crippen LogP contribution in [0.5, 0.6) is 0 Å². The number of benzene rings is 1. The van der Waals surface area contributed by atoms with Crippen molar-refractivity contribution in [1.29, 1.82) is 0 Å². The van der Waals surface area contributed by atoms with E-state index in [0.717, 1.165) is 46.9 Å². The molecule has 3 rings (SSSR count). The number of aromatic nitrogens is 3. The molecule has 7 heteroatoms. The highest BCUT2D eigenvalue weighted by Gasteiger charge is 2.22. The molecule has 2 aromatic heterocycles. The van der Waals surface area contributed by atoms with Crippen LogP contribution in [-0.4, -0.2) is 35.5 Å². The third-order valence-corrected chi connectivity index (χ3v) is 6.72. The highest BCUT2D eigenvalue weighted by Crippen LogP contribution is 2.28. The fraction of sp³-hybridized carbons (Fsp3) is 0.435. The Balaban J connectivity index is 1.96. The Kier molecular flexibility index (Phi) is 6.43. The number of anilines is 1. The summed E-state index contributed by atoms with van der Waals surface area (Å²) in [6.45, 7) is 12.0. The van der Waals surface area contributed by atoms with Crippen molar-refractivity contribution in [3.05, 3.63) is 42.2 Å². The van der Waals surface area contributed by atoms with Gasteiger partial charge >= 0.3 is 0 Å². The maximum atomic E-state index is 11.5. The summed E-state index contributed by atoms with van der Waals surface area (Å²) in [5, 5.41) is 0. The van der Waals surface area contributed by atoms with Crippen molar-refractivity contribution in [2.24, 2.45) is 5.41 Å². The van der Waals surface area contributed by atoms with Crippen molar-refractivity contribution in [1.82, 2.24) is 14.5 Å². The molecule has 0 radical (unpaired) electrons. The summed E-state index contributed by atoms with van der Waals surface area (Å²) in [6.07, 6.45) is 5.37. The molecule has 0 saturated heterocycles. The van der Waals surface area contributed by atoms with Crippen molar-refractivity contribution < 1.29 is 9.53 Å². The van der Waals surface area contributed by atoms with Crippen LogP contribution in [0.3, 0.4) is 0 Å². The van der Waals surface area contributed by atoms with Crippen molar-refractivity contribution in [2.45, 2.75) is 52.7 Å². The Morgan fingerprint density at radius 3 is 2.70 bits per heavy atom. The zero-order valence-corrected chi connectivity index (χ0v) is 19.6. The van der Waals surface area contributed by atoms with E-state index in [4.69, 9.17) is 20.4 Å². The normalized spacial score (nSPS) is 12.4. The zero-order chi connectivity index (χ0) is 21.9. The molecule has 0 fully saturated rings. The molecule has 0 saturated carbocycles. The second kappa shape index (κ2) is 8.69. The van der Waals surface area contributed by atoms with Crippen LogP contribution in [-0.2, 0) is 22.7 Å². The van der Waals surface area contributed by atoms with E-state index in [1.54, 1.807) is 6.20 Å². The van der Waals surface area contributed by atoms with Gasteiger partial charge in [-0.25, -0.2) is 9.97 Å². The predicted octanol–water partition coefficient (Wildman–Crippen LogP) is 4.76. The molecule has 2 N–H and O–H groups in total. The van der Waals surface area contributed by atoms with Gasteiger partial charge in [-0.2, -0.15) is 0 Å². The lowest BCUT2D eigenvalue weighted by atomic mass is 9.88. The van der Waals surface area contributed by atoms with Gasteiger partial charge in [0.25, 0.3) is 0 Å². The van der Waals surface area contributed by atoms with Gasteiger partial charge in [0.2, 0.25) is 0 Å². The van der Waals surface area contributed by atoms with Crippen LogP contribution >= 0.6 is 0 Å². The molecular weight excluding hydrogens is 392 g/mol. The lowest BCUT2D eigenvalue weighted by Crippen LogP contribution is -2.22. The number of carbonyl (C=O) groups is 1. The summed E-state index contributed by atoms with van der Waals surface area (Å²) < 4.78 is 7.94. The molecule has 6 nitrogen and oxygen atoms in total. The van der Waals surface area contributed by atoms with Gasteiger partial charge in [-0.1, -0.05) is 45.6 Å². The molecule has 160 valence electrons. The summed E-state index contributed by atoms with van der Waals surface area (Å²) in [5.74, 6) is 0. The summed E-state index contributed by atoms with van der Waals surface area (Å²) in [6, 6.07) is 8.73. The summed E-state index contributed by atoms with van der Waals surface area (Å²) in [5.41, 5.74) is 10.4. The predicted molar refractivity (Wildman–Crippen MR) is 125 cm³/mol. The minimum Gasteiger partial charge on any atom is -0.399 e. The topological polar surface area (TPSA) is 83.0 Å². The number of nitrogen functional groups attached to an aromatic ring is 1. The van der Waals surface area contributed by atoms with Crippen LogP contribution in [0.25, 0.3) is 22.4 Å². The Labute approximate surface area is 179 Å². The molecule has 30 heavy (non-hydrogen) atoms. The maximum absolute atomic E-state index is 11.5. The molecular formula is C23H32N4O2Si. The van der Waals surface area contributed by atoms with E-state index >= 15 is 0 Å². The largest absolute Gasteiger partial charge is 0.399 e. The van der Waals surface area contributed by atoms with Crippen LogP contribution in [0.1, 0.15) is 19.4 Å². The first kappa shape index (κ1) is 22.2. The third kappa shape index (κ3) is 5.55. The Hall–Kier alpha value is -2.51. The fourth-order valence-electron chi connectivity index (χ4n) is 3.26. The smallest absolute Gasteiger partial charge is 0.160 e.